The van der Waals surface area contributed by atoms with Crippen LogP contribution in [0, 0.1) is 0 Å². The van der Waals surface area contributed by atoms with Gasteiger partial charge in [-0.3, -0.25) is 4.57 Å². The van der Waals surface area contributed by atoms with E-state index in [1.54, 1.807) is 0 Å². The van der Waals surface area contributed by atoms with E-state index < -0.39 is 15.9 Å². The van der Waals surface area contributed by atoms with E-state index in [9.17, 15) is 4.57 Å². The van der Waals surface area contributed by atoms with Gasteiger partial charge in [0.15, 0.2) is 0 Å². The van der Waals surface area contributed by atoms with Crippen LogP contribution in [0.3, 0.4) is 0 Å². The standard InChI is InChI=1S/C18H30NO4PSSi/c1-8-21-24(20,22-9-2)13-17-19-15-11-10-14(12-16(15)25-17)23-26(6,7)18(3,4)5/h10-12H,8-9,13H2,1-7H3. The minimum Gasteiger partial charge on any atom is -0.543 e. The van der Waals surface area contributed by atoms with Crippen LogP contribution in [0.25, 0.3) is 10.2 Å². The molecule has 26 heavy (non-hydrogen) atoms. The van der Waals surface area contributed by atoms with Gasteiger partial charge in [-0.05, 0) is 50.2 Å². The van der Waals surface area contributed by atoms with E-state index in [0.29, 0.717) is 13.2 Å². The summed E-state index contributed by atoms with van der Waals surface area (Å²) in [7, 11) is -5.03. The Morgan fingerprint density at radius 1 is 1.15 bits per heavy atom. The Bertz CT molecular complexity index is 790. The van der Waals surface area contributed by atoms with Crippen molar-refractivity contribution in [1.82, 2.24) is 4.98 Å². The average Bonchev–Trinajstić information content (AvgIpc) is 2.86. The molecule has 0 amide bonds. The molecule has 146 valence electrons. The molecule has 0 bridgehead atoms. The number of rotatable bonds is 8. The van der Waals surface area contributed by atoms with E-state index in [-0.39, 0.29) is 11.2 Å². The highest BCUT2D eigenvalue weighted by atomic mass is 32.1. The van der Waals surface area contributed by atoms with E-state index in [1.807, 2.05) is 32.0 Å². The lowest BCUT2D eigenvalue weighted by molar-refractivity contribution is 0.219. The molecule has 0 radical (unpaired) electrons. The van der Waals surface area contributed by atoms with Gasteiger partial charge >= 0.3 is 7.60 Å². The second-order valence-electron chi connectivity index (χ2n) is 7.70. The molecular formula is C18H30NO4PSSi. The molecule has 8 heteroatoms. The first-order valence-electron chi connectivity index (χ1n) is 8.96. The predicted octanol–water partition coefficient (Wildman–Crippen LogP) is 6.45. The fourth-order valence-corrected chi connectivity index (χ4v) is 6.21. The topological polar surface area (TPSA) is 57.7 Å². The number of hydrogen-bond acceptors (Lipinski definition) is 6. The highest BCUT2D eigenvalue weighted by Gasteiger charge is 2.39. The largest absolute Gasteiger partial charge is 0.543 e. The maximum absolute atomic E-state index is 12.7. The third-order valence-corrected chi connectivity index (χ3v) is 12.1. The number of thiazole rings is 1. The van der Waals surface area contributed by atoms with Gasteiger partial charge in [-0.15, -0.1) is 11.3 Å². The minimum atomic E-state index is -3.14. The highest BCUT2D eigenvalue weighted by Crippen LogP contribution is 2.52. The van der Waals surface area contributed by atoms with Gasteiger partial charge in [-0.2, -0.15) is 0 Å². The molecule has 0 atom stereocenters. The normalized spacial score (nSPS) is 13.3. The summed E-state index contributed by atoms with van der Waals surface area (Å²) in [4.78, 5) is 4.59. The number of hydrogen-bond donors (Lipinski definition) is 0. The lowest BCUT2D eigenvalue weighted by atomic mass is 10.2. The summed E-state index contributed by atoms with van der Waals surface area (Å²) in [5.74, 6) is 0.872. The maximum atomic E-state index is 12.7. The summed E-state index contributed by atoms with van der Waals surface area (Å²) in [6.07, 6.45) is 0.201. The van der Waals surface area contributed by atoms with Gasteiger partial charge in [0, 0.05) is 0 Å². The summed E-state index contributed by atoms with van der Waals surface area (Å²) in [5, 5.41) is 0.900. The molecule has 1 aromatic heterocycles. The molecule has 2 rings (SSSR count). The molecule has 0 unspecified atom stereocenters. The second-order valence-corrected chi connectivity index (χ2v) is 15.6. The van der Waals surface area contributed by atoms with Crippen molar-refractivity contribution >= 4 is 37.5 Å². The van der Waals surface area contributed by atoms with Gasteiger partial charge in [-0.25, -0.2) is 4.98 Å². The van der Waals surface area contributed by atoms with Gasteiger partial charge in [0.05, 0.1) is 23.4 Å². The lowest BCUT2D eigenvalue weighted by Crippen LogP contribution is -2.43. The fraction of sp³-hybridized carbons (Fsp3) is 0.611. The van der Waals surface area contributed by atoms with E-state index in [4.69, 9.17) is 13.5 Å². The Balaban J connectivity index is 2.25. The molecule has 0 spiro atoms. The van der Waals surface area contributed by atoms with Crippen molar-refractivity contribution in [2.24, 2.45) is 0 Å². The zero-order valence-corrected chi connectivity index (χ0v) is 19.5. The molecule has 0 aliphatic carbocycles. The van der Waals surface area contributed by atoms with Crippen LogP contribution >= 0.6 is 18.9 Å². The van der Waals surface area contributed by atoms with Crippen molar-refractivity contribution in [3.05, 3.63) is 23.2 Å². The van der Waals surface area contributed by atoms with E-state index in [2.05, 4.69) is 38.8 Å². The lowest BCUT2D eigenvalue weighted by Gasteiger charge is -2.36. The van der Waals surface area contributed by atoms with Gasteiger partial charge in [0.1, 0.15) is 16.9 Å². The van der Waals surface area contributed by atoms with Crippen molar-refractivity contribution < 1.29 is 18.0 Å². The van der Waals surface area contributed by atoms with Crippen molar-refractivity contribution in [3.8, 4) is 5.75 Å². The monoisotopic (exact) mass is 415 g/mol. The number of nitrogens with zero attached hydrogens (tertiary/aromatic N) is 1. The van der Waals surface area contributed by atoms with E-state index in [0.717, 1.165) is 21.0 Å². The van der Waals surface area contributed by atoms with Gasteiger partial charge in [0.2, 0.25) is 8.32 Å². The molecule has 0 saturated heterocycles. The quantitative estimate of drug-likeness (QED) is 0.366. The molecular weight excluding hydrogens is 385 g/mol. The maximum Gasteiger partial charge on any atom is 0.337 e. The predicted molar refractivity (Wildman–Crippen MR) is 112 cm³/mol. The van der Waals surface area contributed by atoms with Crippen LogP contribution < -0.4 is 4.43 Å². The highest BCUT2D eigenvalue weighted by molar-refractivity contribution is 7.53. The SMILES string of the molecule is CCOP(=O)(Cc1nc2ccc(O[Si](C)(C)C(C)(C)C)cc2s1)OCC. The summed E-state index contributed by atoms with van der Waals surface area (Å²) >= 11 is 1.52. The molecule has 0 N–H and O–H groups in total. The zero-order valence-electron chi connectivity index (χ0n) is 16.8. The number of aromatic nitrogens is 1. The van der Waals surface area contributed by atoms with Crippen molar-refractivity contribution in [2.45, 2.75) is 58.9 Å². The second kappa shape index (κ2) is 8.11. The Labute approximate surface area is 161 Å². The third kappa shape index (κ3) is 5.17. The summed E-state index contributed by atoms with van der Waals surface area (Å²) < 4.78 is 30.9. The Morgan fingerprint density at radius 2 is 1.77 bits per heavy atom. The minimum absolute atomic E-state index is 0.141. The van der Waals surface area contributed by atoms with Crippen LogP contribution in [0.15, 0.2) is 18.2 Å². The van der Waals surface area contributed by atoms with Gasteiger partial charge in [-0.1, -0.05) is 20.8 Å². The van der Waals surface area contributed by atoms with Gasteiger partial charge < -0.3 is 13.5 Å². The summed E-state index contributed by atoms with van der Waals surface area (Å²) in [5.41, 5.74) is 0.882. The molecule has 1 aromatic carbocycles. The molecule has 0 aliphatic rings. The van der Waals surface area contributed by atoms with Crippen LogP contribution in [-0.4, -0.2) is 26.5 Å². The molecule has 0 saturated carbocycles. The number of fused-ring (bicyclic) bond motifs is 1. The van der Waals surface area contributed by atoms with Crippen LogP contribution in [0.4, 0.5) is 0 Å². The van der Waals surface area contributed by atoms with Crippen LogP contribution in [0.2, 0.25) is 18.1 Å². The van der Waals surface area contributed by atoms with Crippen LogP contribution in [0.1, 0.15) is 39.6 Å². The zero-order chi connectivity index (χ0) is 19.6. The van der Waals surface area contributed by atoms with Crippen LogP contribution in [0.5, 0.6) is 5.75 Å². The Kier molecular flexibility index (Phi) is 6.73. The van der Waals surface area contributed by atoms with Crippen LogP contribution in [-0.2, 0) is 19.8 Å². The molecule has 1 heterocycles. The van der Waals surface area contributed by atoms with Gasteiger partial charge in [0.25, 0.3) is 0 Å². The molecule has 2 aromatic rings. The first-order valence-corrected chi connectivity index (χ1v) is 14.4. The first kappa shape index (κ1) is 21.6. The smallest absolute Gasteiger partial charge is 0.337 e. The fourth-order valence-electron chi connectivity index (χ4n) is 2.22. The Hall–Kier alpha value is -0.723. The summed E-state index contributed by atoms with van der Waals surface area (Å²) in [6, 6.07) is 5.96. The van der Waals surface area contributed by atoms with Crippen molar-refractivity contribution in [1.29, 1.82) is 0 Å². The Morgan fingerprint density at radius 3 is 2.31 bits per heavy atom. The third-order valence-electron chi connectivity index (χ3n) is 4.56. The van der Waals surface area contributed by atoms with Crippen molar-refractivity contribution in [2.75, 3.05) is 13.2 Å². The van der Waals surface area contributed by atoms with Crippen molar-refractivity contribution in [3.63, 3.8) is 0 Å². The number of benzene rings is 1. The molecule has 0 fully saturated rings. The molecule has 0 aliphatic heterocycles. The summed E-state index contributed by atoms with van der Waals surface area (Å²) in [6.45, 7) is 15.5. The average molecular weight is 416 g/mol. The first-order chi connectivity index (χ1) is 12.0. The van der Waals surface area contributed by atoms with E-state index in [1.165, 1.54) is 11.3 Å². The molecule has 5 nitrogen and oxygen atoms in total. The van der Waals surface area contributed by atoms with E-state index >= 15 is 0 Å².